The molecule has 1 aromatic carbocycles. The fourth-order valence-electron chi connectivity index (χ4n) is 2.37. The van der Waals surface area contributed by atoms with Crippen molar-refractivity contribution in [1.29, 1.82) is 0 Å². The van der Waals surface area contributed by atoms with Crippen LogP contribution in [0.3, 0.4) is 0 Å². The maximum Gasteiger partial charge on any atom is 0.0399 e. The van der Waals surface area contributed by atoms with Crippen molar-refractivity contribution in [3.63, 3.8) is 0 Å². The van der Waals surface area contributed by atoms with Crippen molar-refractivity contribution in [3.8, 4) is 0 Å². The van der Waals surface area contributed by atoms with E-state index in [4.69, 9.17) is 0 Å². The number of benzene rings is 1. The second-order valence-corrected chi connectivity index (χ2v) is 4.70. The van der Waals surface area contributed by atoms with Crippen LogP contribution in [0.25, 0.3) is 0 Å². The number of fused-ring (bicyclic) bond motifs is 1. The van der Waals surface area contributed by atoms with Crippen LogP contribution < -0.4 is 10.2 Å². The summed E-state index contributed by atoms with van der Waals surface area (Å²) in [6, 6.07) is 9.44. The zero-order valence-corrected chi connectivity index (χ0v) is 10.4. The summed E-state index contributed by atoms with van der Waals surface area (Å²) in [6.07, 6.45) is 3.75. The van der Waals surface area contributed by atoms with E-state index in [-0.39, 0.29) is 0 Å². The summed E-state index contributed by atoms with van der Waals surface area (Å²) in [6.45, 7) is 4.65. The Morgan fingerprint density at radius 1 is 1.38 bits per heavy atom. The van der Waals surface area contributed by atoms with Crippen LogP contribution in [-0.4, -0.2) is 26.2 Å². The minimum Gasteiger partial charge on any atom is -0.371 e. The fourth-order valence-corrected chi connectivity index (χ4v) is 2.37. The van der Waals surface area contributed by atoms with E-state index < -0.39 is 0 Å². The lowest BCUT2D eigenvalue weighted by Gasteiger charge is -2.20. The molecule has 1 aliphatic heterocycles. The first-order chi connectivity index (χ1) is 7.81. The summed E-state index contributed by atoms with van der Waals surface area (Å²) >= 11 is 0. The first-order valence-electron chi connectivity index (χ1n) is 6.31. The molecule has 1 aromatic rings. The first-order valence-corrected chi connectivity index (χ1v) is 6.31. The summed E-state index contributed by atoms with van der Waals surface area (Å²) in [7, 11) is 2.04. The SMILES string of the molecule is CNC(C)CCCN1CCc2ccccc21. The van der Waals surface area contributed by atoms with E-state index in [2.05, 4.69) is 41.4 Å². The molecule has 0 aliphatic carbocycles. The normalized spacial score (nSPS) is 16.2. The number of hydrogen-bond acceptors (Lipinski definition) is 2. The van der Waals surface area contributed by atoms with Crippen LogP contribution in [0.2, 0.25) is 0 Å². The van der Waals surface area contributed by atoms with Crippen LogP contribution in [0.15, 0.2) is 24.3 Å². The number of rotatable bonds is 5. The van der Waals surface area contributed by atoms with E-state index in [0.29, 0.717) is 6.04 Å². The first kappa shape index (κ1) is 11.5. The molecular formula is C14H22N2. The van der Waals surface area contributed by atoms with Gasteiger partial charge in [-0.05, 0) is 44.9 Å². The van der Waals surface area contributed by atoms with E-state index in [1.165, 1.54) is 43.6 Å². The van der Waals surface area contributed by atoms with Gasteiger partial charge in [0.25, 0.3) is 0 Å². The molecule has 88 valence electrons. The van der Waals surface area contributed by atoms with Gasteiger partial charge in [-0.15, -0.1) is 0 Å². The number of nitrogens with zero attached hydrogens (tertiary/aromatic N) is 1. The fraction of sp³-hybridized carbons (Fsp3) is 0.571. The second-order valence-electron chi connectivity index (χ2n) is 4.70. The van der Waals surface area contributed by atoms with Gasteiger partial charge in [0, 0.05) is 24.8 Å². The van der Waals surface area contributed by atoms with E-state index in [1.54, 1.807) is 0 Å². The average molecular weight is 218 g/mol. The second kappa shape index (κ2) is 5.35. The number of nitrogens with one attached hydrogen (secondary N) is 1. The van der Waals surface area contributed by atoms with Gasteiger partial charge < -0.3 is 10.2 Å². The molecule has 0 saturated heterocycles. The molecule has 1 heterocycles. The Labute approximate surface area is 98.7 Å². The predicted molar refractivity (Wildman–Crippen MR) is 70.1 cm³/mol. The lowest BCUT2D eigenvalue weighted by atomic mass is 10.1. The highest BCUT2D eigenvalue weighted by Crippen LogP contribution is 2.27. The molecule has 0 bridgehead atoms. The van der Waals surface area contributed by atoms with Gasteiger partial charge in [0.2, 0.25) is 0 Å². The highest BCUT2D eigenvalue weighted by Gasteiger charge is 2.17. The summed E-state index contributed by atoms with van der Waals surface area (Å²) in [5.41, 5.74) is 2.98. The maximum absolute atomic E-state index is 3.29. The molecule has 0 radical (unpaired) electrons. The molecule has 0 saturated carbocycles. The molecule has 0 fully saturated rings. The van der Waals surface area contributed by atoms with E-state index >= 15 is 0 Å². The zero-order valence-electron chi connectivity index (χ0n) is 10.4. The summed E-state index contributed by atoms with van der Waals surface area (Å²) in [4.78, 5) is 2.53. The smallest absolute Gasteiger partial charge is 0.0399 e. The highest BCUT2D eigenvalue weighted by molar-refractivity contribution is 5.57. The minimum atomic E-state index is 0.637. The van der Waals surface area contributed by atoms with Gasteiger partial charge in [-0.3, -0.25) is 0 Å². The van der Waals surface area contributed by atoms with Crippen molar-refractivity contribution >= 4 is 5.69 Å². The van der Waals surface area contributed by atoms with Crippen molar-refractivity contribution in [3.05, 3.63) is 29.8 Å². The van der Waals surface area contributed by atoms with Gasteiger partial charge in [0.1, 0.15) is 0 Å². The summed E-state index contributed by atoms with van der Waals surface area (Å²) in [5, 5.41) is 3.29. The van der Waals surface area contributed by atoms with Crippen molar-refractivity contribution in [2.75, 3.05) is 25.0 Å². The molecule has 1 N–H and O–H groups in total. The molecule has 2 heteroatoms. The Bertz CT molecular complexity index is 335. The van der Waals surface area contributed by atoms with E-state index in [1.807, 2.05) is 7.05 Å². The average Bonchev–Trinajstić information content (AvgIpc) is 2.73. The minimum absolute atomic E-state index is 0.637. The van der Waals surface area contributed by atoms with Crippen LogP contribution >= 0.6 is 0 Å². The molecule has 1 atom stereocenters. The lowest BCUT2D eigenvalue weighted by molar-refractivity contribution is 0.539. The number of anilines is 1. The van der Waals surface area contributed by atoms with E-state index in [9.17, 15) is 0 Å². The monoisotopic (exact) mass is 218 g/mol. The predicted octanol–water partition coefficient (Wildman–Crippen LogP) is 2.44. The van der Waals surface area contributed by atoms with Gasteiger partial charge in [0.05, 0.1) is 0 Å². The Morgan fingerprint density at radius 2 is 2.19 bits per heavy atom. The molecule has 2 nitrogen and oxygen atoms in total. The van der Waals surface area contributed by atoms with Gasteiger partial charge in [-0.1, -0.05) is 18.2 Å². The molecule has 1 unspecified atom stereocenters. The van der Waals surface area contributed by atoms with Crippen LogP contribution in [0, 0.1) is 0 Å². The Hall–Kier alpha value is -1.02. The molecule has 1 aliphatic rings. The molecule has 0 amide bonds. The zero-order chi connectivity index (χ0) is 11.4. The molecular weight excluding hydrogens is 196 g/mol. The van der Waals surface area contributed by atoms with Crippen LogP contribution in [0.4, 0.5) is 5.69 Å². The van der Waals surface area contributed by atoms with Crippen LogP contribution in [0.1, 0.15) is 25.3 Å². The standard InChI is InChI=1S/C14H22N2/c1-12(15-2)6-5-10-16-11-9-13-7-3-4-8-14(13)16/h3-4,7-8,12,15H,5-6,9-11H2,1-2H3. The molecule has 16 heavy (non-hydrogen) atoms. The quantitative estimate of drug-likeness (QED) is 0.816. The molecule has 0 aromatic heterocycles. The Balaban J connectivity index is 1.84. The van der Waals surface area contributed by atoms with Crippen LogP contribution in [0.5, 0.6) is 0 Å². The third-order valence-electron chi connectivity index (χ3n) is 3.54. The lowest BCUT2D eigenvalue weighted by Crippen LogP contribution is -2.25. The van der Waals surface area contributed by atoms with Crippen molar-refractivity contribution in [2.24, 2.45) is 0 Å². The maximum atomic E-state index is 3.29. The number of hydrogen-bond donors (Lipinski definition) is 1. The van der Waals surface area contributed by atoms with Crippen molar-refractivity contribution in [1.82, 2.24) is 5.32 Å². The van der Waals surface area contributed by atoms with Gasteiger partial charge in [-0.2, -0.15) is 0 Å². The molecule has 2 rings (SSSR count). The summed E-state index contributed by atoms with van der Waals surface area (Å²) in [5.74, 6) is 0. The van der Waals surface area contributed by atoms with Gasteiger partial charge >= 0.3 is 0 Å². The van der Waals surface area contributed by atoms with Crippen LogP contribution in [-0.2, 0) is 6.42 Å². The largest absolute Gasteiger partial charge is 0.371 e. The van der Waals surface area contributed by atoms with Gasteiger partial charge in [0.15, 0.2) is 0 Å². The van der Waals surface area contributed by atoms with E-state index in [0.717, 1.165) is 0 Å². The Morgan fingerprint density at radius 3 is 3.00 bits per heavy atom. The third kappa shape index (κ3) is 2.56. The van der Waals surface area contributed by atoms with Crippen molar-refractivity contribution in [2.45, 2.75) is 32.2 Å². The van der Waals surface area contributed by atoms with Crippen molar-refractivity contribution < 1.29 is 0 Å². The molecule has 0 spiro atoms. The Kier molecular flexibility index (Phi) is 3.83. The number of para-hydroxylation sites is 1. The topological polar surface area (TPSA) is 15.3 Å². The third-order valence-corrected chi connectivity index (χ3v) is 3.54. The van der Waals surface area contributed by atoms with Gasteiger partial charge in [-0.25, -0.2) is 0 Å². The highest BCUT2D eigenvalue weighted by atomic mass is 15.1. The summed E-state index contributed by atoms with van der Waals surface area (Å²) < 4.78 is 0.